The second-order valence-electron chi connectivity index (χ2n) is 4.89. The molecule has 0 bridgehead atoms. The van der Waals surface area contributed by atoms with Crippen molar-refractivity contribution in [2.24, 2.45) is 11.7 Å². The van der Waals surface area contributed by atoms with E-state index in [9.17, 15) is 14.4 Å². The third kappa shape index (κ3) is 3.33. The highest BCUT2D eigenvalue weighted by Crippen LogP contribution is 2.21. The molecule has 1 aromatic rings. The molecule has 0 fully saturated rings. The zero-order valence-electron chi connectivity index (χ0n) is 12.1. The van der Waals surface area contributed by atoms with Crippen molar-refractivity contribution in [3.63, 3.8) is 0 Å². The normalized spacial score (nSPS) is 13.5. The number of aromatic carboxylic acids is 1. The summed E-state index contributed by atoms with van der Waals surface area (Å²) >= 11 is 0. The summed E-state index contributed by atoms with van der Waals surface area (Å²) in [5.41, 5.74) is 3.86. The molecule has 8 nitrogen and oxygen atoms in total. The van der Waals surface area contributed by atoms with E-state index in [0.717, 1.165) is 12.4 Å². The van der Waals surface area contributed by atoms with Crippen LogP contribution in [0.5, 0.6) is 0 Å². The highest BCUT2D eigenvalue weighted by atomic mass is 16.4. The molecule has 0 radical (unpaired) electrons. The molecule has 1 aromatic heterocycles. The monoisotopic (exact) mass is 294 g/mol. The topological polar surface area (TPSA) is 135 Å². The summed E-state index contributed by atoms with van der Waals surface area (Å²) in [5.74, 6) is -2.72. The fourth-order valence-corrected chi connectivity index (χ4v) is 1.98. The third-order valence-corrected chi connectivity index (χ3v) is 3.42. The van der Waals surface area contributed by atoms with Crippen LogP contribution in [0.3, 0.4) is 0 Å². The van der Waals surface area contributed by atoms with Crippen LogP contribution in [0.15, 0.2) is 12.4 Å². The van der Waals surface area contributed by atoms with Gasteiger partial charge < -0.3 is 16.2 Å². The molecule has 0 aromatic carbocycles. The van der Waals surface area contributed by atoms with Crippen LogP contribution < -0.4 is 11.1 Å². The lowest BCUT2D eigenvalue weighted by Crippen LogP contribution is -2.60. The van der Waals surface area contributed by atoms with Crippen LogP contribution in [-0.4, -0.2) is 38.4 Å². The molecule has 0 saturated heterocycles. The van der Waals surface area contributed by atoms with Gasteiger partial charge in [0.1, 0.15) is 11.2 Å². The largest absolute Gasteiger partial charge is 0.476 e. The number of carbonyl (C=O) groups is 3. The lowest BCUT2D eigenvalue weighted by Gasteiger charge is -2.34. The maximum atomic E-state index is 12.1. The second-order valence-corrected chi connectivity index (χ2v) is 4.89. The van der Waals surface area contributed by atoms with Crippen molar-refractivity contribution in [2.45, 2.75) is 32.7 Å². The molecule has 4 N–H and O–H groups in total. The number of nitrogens with one attached hydrogen (secondary N) is 1. The highest BCUT2D eigenvalue weighted by molar-refractivity contribution is 5.97. The van der Waals surface area contributed by atoms with Gasteiger partial charge in [-0.15, -0.1) is 0 Å². The molecule has 0 spiro atoms. The number of nitrogens with two attached hydrogens (primary N) is 1. The number of nitrogens with zero attached hydrogens (tertiary/aromatic N) is 2. The molecule has 114 valence electrons. The number of hydrogen-bond acceptors (Lipinski definition) is 5. The predicted octanol–water partition coefficient (Wildman–Crippen LogP) is 0.195. The van der Waals surface area contributed by atoms with Gasteiger partial charge in [0.25, 0.3) is 5.91 Å². The maximum absolute atomic E-state index is 12.1. The van der Waals surface area contributed by atoms with E-state index in [2.05, 4.69) is 15.3 Å². The smallest absolute Gasteiger partial charge is 0.356 e. The number of carboxylic acids is 1. The van der Waals surface area contributed by atoms with Crippen LogP contribution in [0.4, 0.5) is 0 Å². The molecule has 0 aliphatic rings. The fraction of sp³-hybridized carbons (Fsp3) is 0.462. The maximum Gasteiger partial charge on any atom is 0.356 e. The number of carbonyl (C=O) groups excluding carboxylic acids is 2. The number of aromatic nitrogens is 2. The van der Waals surface area contributed by atoms with Crippen molar-refractivity contribution < 1.29 is 19.5 Å². The zero-order valence-corrected chi connectivity index (χ0v) is 12.1. The zero-order chi connectivity index (χ0) is 16.2. The Hall–Kier alpha value is -2.51. The SMILES string of the molecule is CC[C@](NC(=O)c1cnc(C(=O)O)cn1)(C(N)=O)C(C)C. The number of primary amides is 1. The van der Waals surface area contributed by atoms with Crippen LogP contribution in [0.2, 0.25) is 0 Å². The minimum absolute atomic E-state index is 0.0836. The molecular formula is C13H18N4O4. The third-order valence-electron chi connectivity index (χ3n) is 3.42. The predicted molar refractivity (Wildman–Crippen MR) is 73.5 cm³/mol. The lowest BCUT2D eigenvalue weighted by atomic mass is 9.83. The minimum atomic E-state index is -1.24. The molecule has 0 aliphatic heterocycles. The van der Waals surface area contributed by atoms with Gasteiger partial charge in [-0.3, -0.25) is 9.59 Å². The summed E-state index contributed by atoms with van der Waals surface area (Å²) in [4.78, 5) is 41.8. The molecule has 8 heteroatoms. The van der Waals surface area contributed by atoms with Gasteiger partial charge in [0.15, 0.2) is 5.69 Å². The number of amides is 2. The highest BCUT2D eigenvalue weighted by Gasteiger charge is 2.40. The van der Waals surface area contributed by atoms with Crippen LogP contribution in [0.25, 0.3) is 0 Å². The fourth-order valence-electron chi connectivity index (χ4n) is 1.98. The average molecular weight is 294 g/mol. The van der Waals surface area contributed by atoms with Gasteiger partial charge in [-0.25, -0.2) is 14.8 Å². The molecule has 2 amide bonds. The first-order valence-corrected chi connectivity index (χ1v) is 6.42. The van der Waals surface area contributed by atoms with Crippen LogP contribution in [-0.2, 0) is 4.79 Å². The molecule has 1 rings (SSSR count). The summed E-state index contributed by atoms with van der Waals surface area (Å²) in [6, 6.07) is 0. The molecule has 1 atom stereocenters. The van der Waals surface area contributed by atoms with Gasteiger partial charge in [0.2, 0.25) is 5.91 Å². The first-order valence-electron chi connectivity index (χ1n) is 6.42. The Morgan fingerprint density at radius 3 is 2.14 bits per heavy atom. The van der Waals surface area contributed by atoms with Crippen molar-refractivity contribution in [3.8, 4) is 0 Å². The van der Waals surface area contributed by atoms with Crippen LogP contribution >= 0.6 is 0 Å². The number of hydrogen-bond donors (Lipinski definition) is 3. The van der Waals surface area contributed by atoms with E-state index in [4.69, 9.17) is 10.8 Å². The Bertz CT molecular complexity index is 556. The lowest BCUT2D eigenvalue weighted by molar-refractivity contribution is -0.126. The molecule has 1 heterocycles. The summed E-state index contributed by atoms with van der Waals surface area (Å²) < 4.78 is 0. The first-order chi connectivity index (χ1) is 9.74. The summed E-state index contributed by atoms with van der Waals surface area (Å²) in [6.07, 6.45) is 2.34. The molecule has 0 aliphatic carbocycles. The number of rotatable bonds is 6. The van der Waals surface area contributed by atoms with Crippen molar-refractivity contribution in [2.75, 3.05) is 0 Å². The van der Waals surface area contributed by atoms with E-state index in [1.165, 1.54) is 0 Å². The first kappa shape index (κ1) is 16.5. The van der Waals surface area contributed by atoms with Gasteiger partial charge in [0.05, 0.1) is 12.4 Å². The average Bonchev–Trinajstić information content (AvgIpc) is 2.43. The Morgan fingerprint density at radius 1 is 1.29 bits per heavy atom. The van der Waals surface area contributed by atoms with E-state index in [1.54, 1.807) is 20.8 Å². The van der Waals surface area contributed by atoms with Gasteiger partial charge in [-0.2, -0.15) is 0 Å². The molecule has 0 unspecified atom stereocenters. The van der Waals surface area contributed by atoms with E-state index in [0.29, 0.717) is 6.42 Å². The van der Waals surface area contributed by atoms with Crippen molar-refractivity contribution >= 4 is 17.8 Å². The summed E-state index contributed by atoms with van der Waals surface area (Å²) in [7, 11) is 0. The number of carboxylic acid groups (broad SMARTS) is 1. The molecular weight excluding hydrogens is 276 g/mol. The van der Waals surface area contributed by atoms with Gasteiger partial charge in [0, 0.05) is 0 Å². The van der Waals surface area contributed by atoms with E-state index < -0.39 is 23.3 Å². The Morgan fingerprint density at radius 2 is 1.81 bits per heavy atom. The summed E-state index contributed by atoms with van der Waals surface area (Å²) in [6.45, 7) is 5.28. The quantitative estimate of drug-likeness (QED) is 0.685. The van der Waals surface area contributed by atoms with Gasteiger partial charge >= 0.3 is 5.97 Å². The van der Waals surface area contributed by atoms with E-state index in [1.807, 2.05) is 0 Å². The van der Waals surface area contributed by atoms with Crippen LogP contribution in [0, 0.1) is 5.92 Å². The van der Waals surface area contributed by atoms with E-state index in [-0.39, 0.29) is 17.3 Å². The Balaban J connectivity index is 3.02. The van der Waals surface area contributed by atoms with E-state index >= 15 is 0 Å². The van der Waals surface area contributed by atoms with Crippen molar-refractivity contribution in [1.82, 2.24) is 15.3 Å². The van der Waals surface area contributed by atoms with Gasteiger partial charge in [-0.05, 0) is 12.3 Å². The molecule has 0 saturated carbocycles. The Kier molecular flexibility index (Phi) is 4.96. The van der Waals surface area contributed by atoms with Gasteiger partial charge in [-0.1, -0.05) is 20.8 Å². The Labute approximate surface area is 121 Å². The molecule has 21 heavy (non-hydrogen) atoms. The minimum Gasteiger partial charge on any atom is -0.476 e. The summed E-state index contributed by atoms with van der Waals surface area (Å²) in [5, 5.41) is 11.3. The standard InChI is InChI=1S/C13H18N4O4/c1-4-13(7(2)3,12(14)21)17-10(18)8-5-16-9(6-15-8)11(19)20/h5-7H,4H2,1-3H3,(H2,14,21)(H,17,18)(H,19,20)/t13-/m1/s1. The van der Waals surface area contributed by atoms with Crippen molar-refractivity contribution in [1.29, 1.82) is 0 Å². The van der Waals surface area contributed by atoms with Crippen molar-refractivity contribution in [3.05, 3.63) is 23.8 Å². The second kappa shape index (κ2) is 6.29. The van der Waals surface area contributed by atoms with Crippen LogP contribution in [0.1, 0.15) is 48.2 Å².